The zero-order valence-corrected chi connectivity index (χ0v) is 15.7. The summed E-state index contributed by atoms with van der Waals surface area (Å²) in [5.41, 5.74) is 4.49. The van der Waals surface area contributed by atoms with Crippen LogP contribution in [0.5, 0.6) is 5.75 Å². The maximum absolute atomic E-state index is 12.7. The van der Waals surface area contributed by atoms with Crippen molar-refractivity contribution < 1.29 is 9.53 Å². The molecule has 3 heterocycles. The minimum Gasteiger partial charge on any atom is -0.419 e. The first-order chi connectivity index (χ1) is 14.2. The fourth-order valence-electron chi connectivity index (χ4n) is 3.54. The monoisotopic (exact) mass is 379 g/mol. The Hall–Kier alpha value is -3.99. The second-order valence-electron chi connectivity index (χ2n) is 6.81. The number of ether oxygens (including phenoxy) is 1. The molecule has 5 heteroatoms. The van der Waals surface area contributed by atoms with Gasteiger partial charge in [-0.05, 0) is 48.9 Å². The van der Waals surface area contributed by atoms with Crippen LogP contribution in [0.1, 0.15) is 15.9 Å². The summed E-state index contributed by atoms with van der Waals surface area (Å²) in [5, 5.41) is 0. The smallest absolute Gasteiger partial charge is 0.347 e. The van der Waals surface area contributed by atoms with Crippen LogP contribution in [0.2, 0.25) is 0 Å². The van der Waals surface area contributed by atoms with Gasteiger partial charge in [0.1, 0.15) is 5.56 Å². The average Bonchev–Trinajstić information content (AvgIpc) is 2.89. The molecule has 0 amide bonds. The van der Waals surface area contributed by atoms with E-state index in [0.29, 0.717) is 22.9 Å². The fourth-order valence-corrected chi connectivity index (χ4v) is 3.54. The number of pyridine rings is 2. The van der Waals surface area contributed by atoms with Crippen LogP contribution in [0.15, 0.2) is 85.2 Å². The van der Waals surface area contributed by atoms with Gasteiger partial charge in [0.25, 0.3) is 0 Å². The Balaban J connectivity index is 1.84. The lowest BCUT2D eigenvalue weighted by molar-refractivity contribution is 0.0738. The Labute approximate surface area is 168 Å². The molecule has 140 valence electrons. The number of anilines is 3. The molecule has 0 saturated heterocycles. The quantitative estimate of drug-likeness (QED) is 0.433. The van der Waals surface area contributed by atoms with Gasteiger partial charge in [0.2, 0.25) is 0 Å². The second-order valence-corrected chi connectivity index (χ2v) is 6.81. The Bertz CT molecular complexity index is 1220. The number of benzene rings is 2. The van der Waals surface area contributed by atoms with Gasteiger partial charge >= 0.3 is 5.97 Å². The number of hydrogen-bond acceptors (Lipinski definition) is 5. The first kappa shape index (κ1) is 17.1. The molecule has 29 heavy (non-hydrogen) atoms. The van der Waals surface area contributed by atoms with Crippen molar-refractivity contribution in [1.82, 2.24) is 9.97 Å². The van der Waals surface area contributed by atoms with Crippen molar-refractivity contribution in [1.29, 1.82) is 0 Å². The second kappa shape index (κ2) is 6.87. The lowest BCUT2D eigenvalue weighted by Crippen LogP contribution is -2.15. The molecule has 0 N–H and O–H groups in total. The topological polar surface area (TPSA) is 55.3 Å². The number of esters is 1. The van der Waals surface area contributed by atoms with E-state index < -0.39 is 5.97 Å². The highest BCUT2D eigenvalue weighted by atomic mass is 16.5. The van der Waals surface area contributed by atoms with E-state index in [2.05, 4.69) is 35.1 Å². The Morgan fingerprint density at radius 2 is 1.55 bits per heavy atom. The minimum absolute atomic E-state index is 0.394. The molecule has 1 aliphatic heterocycles. The molecular formula is C24H17N3O2. The van der Waals surface area contributed by atoms with Crippen molar-refractivity contribution in [2.45, 2.75) is 6.92 Å². The molecular weight excluding hydrogens is 362 g/mol. The van der Waals surface area contributed by atoms with Crippen LogP contribution < -0.4 is 9.64 Å². The van der Waals surface area contributed by atoms with Gasteiger partial charge in [-0.25, -0.2) is 14.8 Å². The van der Waals surface area contributed by atoms with E-state index in [1.165, 1.54) is 0 Å². The highest BCUT2D eigenvalue weighted by molar-refractivity contribution is 6.02. The number of rotatable bonds is 2. The van der Waals surface area contributed by atoms with E-state index in [0.717, 1.165) is 22.4 Å². The number of aromatic nitrogens is 2. The van der Waals surface area contributed by atoms with Gasteiger partial charge in [0.05, 0.1) is 5.69 Å². The summed E-state index contributed by atoms with van der Waals surface area (Å²) < 4.78 is 5.62. The third-order valence-electron chi connectivity index (χ3n) is 4.86. The maximum atomic E-state index is 12.7. The molecule has 5 nitrogen and oxygen atoms in total. The van der Waals surface area contributed by atoms with Crippen LogP contribution in [-0.2, 0) is 0 Å². The number of aryl methyl sites for hydroxylation is 1. The molecule has 0 fully saturated rings. The third kappa shape index (κ3) is 2.93. The maximum Gasteiger partial charge on any atom is 0.347 e. The van der Waals surface area contributed by atoms with E-state index in [1.807, 2.05) is 35.2 Å². The van der Waals surface area contributed by atoms with Crippen molar-refractivity contribution in [2.24, 2.45) is 0 Å². The summed E-state index contributed by atoms with van der Waals surface area (Å²) in [4.78, 5) is 23.7. The van der Waals surface area contributed by atoms with Gasteiger partial charge in [-0.15, -0.1) is 0 Å². The molecule has 0 atom stereocenters. The fraction of sp³-hybridized carbons (Fsp3) is 0.0417. The Kier molecular flexibility index (Phi) is 4.06. The van der Waals surface area contributed by atoms with Crippen molar-refractivity contribution >= 4 is 23.3 Å². The normalized spacial score (nSPS) is 12.6. The van der Waals surface area contributed by atoms with Crippen molar-refractivity contribution in [2.75, 3.05) is 4.90 Å². The number of nitrogens with zero attached hydrogens (tertiary/aromatic N) is 3. The van der Waals surface area contributed by atoms with Crippen molar-refractivity contribution in [3.05, 3.63) is 96.3 Å². The highest BCUT2D eigenvalue weighted by Gasteiger charge is 2.31. The molecule has 4 aromatic rings. The first-order valence-corrected chi connectivity index (χ1v) is 9.31. The molecule has 0 aliphatic carbocycles. The average molecular weight is 379 g/mol. The van der Waals surface area contributed by atoms with E-state index in [4.69, 9.17) is 4.74 Å². The van der Waals surface area contributed by atoms with E-state index >= 15 is 0 Å². The van der Waals surface area contributed by atoms with Gasteiger partial charge in [-0.2, -0.15) is 0 Å². The predicted octanol–water partition coefficient (Wildman–Crippen LogP) is 5.45. The molecule has 0 spiro atoms. The summed E-state index contributed by atoms with van der Waals surface area (Å²) in [6.07, 6.45) is 3.35. The zero-order chi connectivity index (χ0) is 19.8. The van der Waals surface area contributed by atoms with E-state index in [-0.39, 0.29) is 0 Å². The molecule has 0 unspecified atom stereocenters. The molecule has 0 saturated carbocycles. The van der Waals surface area contributed by atoms with Gasteiger partial charge < -0.3 is 4.74 Å². The Morgan fingerprint density at radius 3 is 2.38 bits per heavy atom. The van der Waals surface area contributed by atoms with E-state index in [1.54, 1.807) is 36.7 Å². The predicted molar refractivity (Wildman–Crippen MR) is 112 cm³/mol. The highest BCUT2D eigenvalue weighted by Crippen LogP contribution is 2.45. The van der Waals surface area contributed by atoms with Gasteiger partial charge in [-0.3, -0.25) is 4.90 Å². The van der Waals surface area contributed by atoms with Crippen LogP contribution in [0.25, 0.3) is 11.1 Å². The Morgan fingerprint density at radius 1 is 0.793 bits per heavy atom. The van der Waals surface area contributed by atoms with Crippen molar-refractivity contribution in [3.8, 4) is 16.9 Å². The van der Waals surface area contributed by atoms with Gasteiger partial charge in [0, 0.05) is 18.0 Å². The summed E-state index contributed by atoms with van der Waals surface area (Å²) in [6, 6.07) is 23.3. The summed E-state index contributed by atoms with van der Waals surface area (Å²) >= 11 is 0. The van der Waals surface area contributed by atoms with Gasteiger partial charge in [-0.1, -0.05) is 42.0 Å². The molecule has 0 radical (unpaired) electrons. The lowest BCUT2D eigenvalue weighted by atomic mass is 10.00. The van der Waals surface area contributed by atoms with Gasteiger partial charge in [0.15, 0.2) is 17.4 Å². The first-order valence-electron chi connectivity index (χ1n) is 9.31. The van der Waals surface area contributed by atoms with Crippen molar-refractivity contribution in [3.63, 3.8) is 0 Å². The summed E-state index contributed by atoms with van der Waals surface area (Å²) in [6.45, 7) is 2.06. The van der Waals surface area contributed by atoms with Crippen LogP contribution in [0, 0.1) is 6.92 Å². The minimum atomic E-state index is -0.446. The number of carbonyl (C=O) groups is 1. The SMILES string of the molecule is Cc1ccc(N2c3ncccc3OC(=O)c3cccnc32)c(-c2ccccc2)c1. The molecule has 0 bridgehead atoms. The number of carbonyl (C=O) groups excluding carboxylic acids is 1. The van der Waals surface area contributed by atoms with Crippen LogP contribution in [-0.4, -0.2) is 15.9 Å². The molecule has 2 aromatic heterocycles. The van der Waals surface area contributed by atoms with Crippen LogP contribution >= 0.6 is 0 Å². The van der Waals surface area contributed by atoms with E-state index in [9.17, 15) is 4.79 Å². The number of fused-ring (bicyclic) bond motifs is 2. The molecule has 1 aliphatic rings. The van der Waals surface area contributed by atoms with Crippen LogP contribution in [0.3, 0.4) is 0 Å². The largest absolute Gasteiger partial charge is 0.419 e. The lowest BCUT2D eigenvalue weighted by Gasteiger charge is -2.26. The summed E-state index contributed by atoms with van der Waals surface area (Å²) in [5.74, 6) is 0.976. The van der Waals surface area contributed by atoms with Crippen LogP contribution in [0.4, 0.5) is 17.3 Å². The molecule has 2 aromatic carbocycles. The zero-order valence-electron chi connectivity index (χ0n) is 15.7. The molecule has 5 rings (SSSR count). The standard InChI is InChI=1S/C24H17N3O2/c1-16-11-12-20(19(15-16)17-7-3-2-4-8-17)27-22-18(9-5-13-25-22)24(28)29-21-10-6-14-26-23(21)27/h2-15H,1H3. The number of hydrogen-bond donors (Lipinski definition) is 0. The third-order valence-corrected chi connectivity index (χ3v) is 4.86. The summed E-state index contributed by atoms with van der Waals surface area (Å²) in [7, 11) is 0.